The Kier molecular flexibility index (Phi) is 2.68. The van der Waals surface area contributed by atoms with Gasteiger partial charge in [-0.2, -0.15) is 0 Å². The summed E-state index contributed by atoms with van der Waals surface area (Å²) in [7, 11) is 5.21. The Bertz CT molecular complexity index is 10.8. The first-order valence-electron chi connectivity index (χ1n) is 1.15. The molecule has 0 aromatic rings. The first-order chi connectivity index (χ1) is 1.73. The Labute approximate surface area is 31.6 Å². The van der Waals surface area contributed by atoms with Gasteiger partial charge in [-0.15, -0.1) is 16.4 Å². The van der Waals surface area contributed by atoms with Crippen LogP contribution in [0.3, 0.4) is 0 Å². The van der Waals surface area contributed by atoms with Crippen LogP contribution in [-0.4, -0.2) is 14.2 Å². The first kappa shape index (κ1) is 4.92. The van der Waals surface area contributed by atoms with Crippen LogP contribution in [0.1, 0.15) is 0 Å². The second-order valence-electron chi connectivity index (χ2n) is 0.964. The minimum atomic E-state index is 0.296. The molecule has 0 aromatic carbocycles. The third-order valence-electron chi connectivity index (χ3n) is 0. The zero-order chi connectivity index (χ0) is 3.58. The van der Waals surface area contributed by atoms with E-state index in [1.165, 1.54) is 0 Å². The molecule has 0 aliphatic rings. The normalized spacial score (nSPS) is 15.5. The smallest absolute Gasteiger partial charge is 0.133 e. The van der Waals surface area contributed by atoms with Gasteiger partial charge in [0.1, 0.15) is 7.57 Å². The lowest BCUT2D eigenvalue weighted by Crippen LogP contribution is -1.40. The van der Waals surface area contributed by atoms with E-state index in [0.717, 1.165) is 0 Å². The van der Waals surface area contributed by atoms with Crippen LogP contribution in [0.5, 0.6) is 0 Å². The molecule has 0 heterocycles. The van der Waals surface area contributed by atoms with Crippen molar-refractivity contribution in [1.29, 1.82) is 0 Å². The fourth-order valence-electron chi connectivity index (χ4n) is 0. The molecule has 3 heteroatoms. The van der Waals surface area contributed by atoms with Crippen LogP contribution >= 0.6 is 16.4 Å². The highest BCUT2D eigenvalue weighted by molar-refractivity contribution is 8.25. The van der Waals surface area contributed by atoms with E-state index in [2.05, 4.69) is 23.2 Å². The van der Waals surface area contributed by atoms with Gasteiger partial charge in [0.05, 0.1) is 0 Å². The van der Waals surface area contributed by atoms with Crippen molar-refractivity contribution in [2.24, 2.45) is 0 Å². The lowest BCUT2D eigenvalue weighted by atomic mass is 10.8. The molecule has 0 amide bonds. The third-order valence-corrected chi connectivity index (χ3v) is 0. The molecule has 0 nitrogen and oxygen atoms in total. The summed E-state index contributed by atoms with van der Waals surface area (Å²) in [6, 6.07) is 0. The lowest BCUT2D eigenvalue weighted by molar-refractivity contribution is 2.50. The quantitative estimate of drug-likeness (QED) is 0.300. The summed E-state index contributed by atoms with van der Waals surface area (Å²) in [5, 5.41) is 0. The van der Waals surface area contributed by atoms with Crippen molar-refractivity contribution in [3.8, 4) is 0 Å². The van der Waals surface area contributed by atoms with E-state index >= 15 is 0 Å². The maximum absolute atomic E-state index is 2.72. The number of hydrogen-bond acceptors (Lipinski definition) is 0. The molecule has 2 atom stereocenters. The molecule has 0 aliphatic heterocycles. The summed E-state index contributed by atoms with van der Waals surface area (Å²) in [5.41, 5.74) is 0. The standard InChI is InChI=1S/CH7BP2/c1-4(2)3/h2-3H2,1H3. The average molecular weight is 91.8 g/mol. The van der Waals surface area contributed by atoms with E-state index in [1.54, 1.807) is 0 Å². The highest BCUT2D eigenvalue weighted by Crippen LogP contribution is 2.32. The third kappa shape index (κ3) is 12.7. The molecule has 0 aliphatic carbocycles. The zero-order valence-electron chi connectivity index (χ0n) is 3.02. The summed E-state index contributed by atoms with van der Waals surface area (Å²) in [6.07, 6.45) is 0. The first-order valence-corrected chi connectivity index (χ1v) is 5.01. The summed E-state index contributed by atoms with van der Waals surface area (Å²) in [6.45, 7) is 2.19. The van der Waals surface area contributed by atoms with Gasteiger partial charge in [0.15, 0.2) is 0 Å². The largest absolute Gasteiger partial charge is 0.138 e. The van der Waals surface area contributed by atoms with Crippen molar-refractivity contribution in [2.45, 2.75) is 0 Å². The SMILES string of the molecule is BP(C)P. The Morgan fingerprint density at radius 1 is 2.00 bits per heavy atom. The Morgan fingerprint density at radius 3 is 2.00 bits per heavy atom. The molecule has 2 unspecified atom stereocenters. The zero-order valence-corrected chi connectivity index (χ0v) is 5.07. The molecule has 0 bridgehead atoms. The van der Waals surface area contributed by atoms with E-state index in [-0.39, 0.29) is 0 Å². The predicted octanol–water partition coefficient (Wildman–Crippen LogP) is 0.436. The van der Waals surface area contributed by atoms with E-state index < -0.39 is 0 Å². The second-order valence-corrected chi connectivity index (χ2v) is 5.99. The van der Waals surface area contributed by atoms with Crippen molar-refractivity contribution in [3.05, 3.63) is 0 Å². The van der Waals surface area contributed by atoms with Crippen LogP contribution in [0, 0.1) is 0 Å². The molecule has 24 valence electrons. The molecule has 0 radical (unpaired) electrons. The van der Waals surface area contributed by atoms with Gasteiger partial charge in [0.2, 0.25) is 0 Å². The fourth-order valence-corrected chi connectivity index (χ4v) is 0. The topological polar surface area (TPSA) is 0 Å². The molecule has 0 N–H and O–H groups in total. The maximum atomic E-state index is 2.72. The molecule has 0 spiro atoms. The molecular weight excluding hydrogens is 84.8 g/mol. The Balaban J connectivity index is 2.32. The van der Waals surface area contributed by atoms with Gasteiger partial charge >= 0.3 is 0 Å². The fraction of sp³-hybridized carbons (Fsp3) is 1.00. The van der Waals surface area contributed by atoms with Crippen molar-refractivity contribution in [2.75, 3.05) is 6.66 Å². The van der Waals surface area contributed by atoms with Crippen LogP contribution < -0.4 is 0 Å². The Morgan fingerprint density at radius 2 is 2.00 bits per heavy atom. The van der Waals surface area contributed by atoms with E-state index in [1.807, 2.05) is 0 Å². The molecule has 0 saturated heterocycles. The molecule has 0 aromatic heterocycles. The van der Waals surface area contributed by atoms with E-state index in [4.69, 9.17) is 0 Å². The summed E-state index contributed by atoms with van der Waals surface area (Å²) < 4.78 is 0. The van der Waals surface area contributed by atoms with Gasteiger partial charge < -0.3 is 0 Å². The highest BCUT2D eigenvalue weighted by Gasteiger charge is 1.67. The minimum absolute atomic E-state index is 0.296. The molecule has 0 fully saturated rings. The van der Waals surface area contributed by atoms with Crippen molar-refractivity contribution < 1.29 is 0 Å². The van der Waals surface area contributed by atoms with Crippen LogP contribution in [0.2, 0.25) is 0 Å². The monoisotopic (exact) mass is 92.0 g/mol. The highest BCUT2D eigenvalue weighted by atomic mass is 32.0. The van der Waals surface area contributed by atoms with Crippen LogP contribution in [0.25, 0.3) is 0 Å². The summed E-state index contributed by atoms with van der Waals surface area (Å²) >= 11 is 0. The minimum Gasteiger partial charge on any atom is -0.133 e. The van der Waals surface area contributed by atoms with E-state index in [9.17, 15) is 0 Å². The lowest BCUT2D eigenvalue weighted by Gasteiger charge is -1.81. The number of rotatable bonds is 0. The predicted molar refractivity (Wildman–Crippen MR) is 31.1 cm³/mol. The number of hydrogen-bond donors (Lipinski definition) is 0. The van der Waals surface area contributed by atoms with Crippen LogP contribution in [-0.2, 0) is 0 Å². The van der Waals surface area contributed by atoms with E-state index in [0.29, 0.717) is 7.49 Å². The van der Waals surface area contributed by atoms with Gasteiger partial charge in [-0.05, 0) is 6.66 Å². The van der Waals surface area contributed by atoms with Gasteiger partial charge in [-0.25, -0.2) is 0 Å². The Hall–Kier alpha value is 0.925. The van der Waals surface area contributed by atoms with Crippen LogP contribution in [0.4, 0.5) is 0 Å². The van der Waals surface area contributed by atoms with Gasteiger partial charge in [-0.3, -0.25) is 0 Å². The molecule has 4 heavy (non-hydrogen) atoms. The summed E-state index contributed by atoms with van der Waals surface area (Å²) in [4.78, 5) is 0. The second kappa shape index (κ2) is 2.18. The maximum Gasteiger partial charge on any atom is 0.138 e. The van der Waals surface area contributed by atoms with Crippen molar-refractivity contribution in [3.63, 3.8) is 0 Å². The van der Waals surface area contributed by atoms with Crippen molar-refractivity contribution in [1.82, 2.24) is 0 Å². The van der Waals surface area contributed by atoms with Crippen molar-refractivity contribution >= 4 is 24.0 Å². The van der Waals surface area contributed by atoms with Gasteiger partial charge in [-0.1, -0.05) is 0 Å². The molecular formula is CH7BP2. The summed E-state index contributed by atoms with van der Waals surface area (Å²) in [5.74, 6) is 0. The van der Waals surface area contributed by atoms with Crippen LogP contribution in [0.15, 0.2) is 0 Å². The van der Waals surface area contributed by atoms with Gasteiger partial charge in [0.25, 0.3) is 0 Å². The molecule has 0 saturated carbocycles. The van der Waals surface area contributed by atoms with Gasteiger partial charge in [0, 0.05) is 0 Å². The average Bonchev–Trinajstić information content (AvgIpc) is 0.811. The molecule has 0 rings (SSSR count).